The first kappa shape index (κ1) is 21.6. The van der Waals surface area contributed by atoms with Gasteiger partial charge in [0.25, 0.3) is 0 Å². The van der Waals surface area contributed by atoms with Crippen molar-refractivity contribution in [3.05, 3.63) is 52.5 Å². The number of hydrogen-bond acceptors (Lipinski definition) is 4. The fourth-order valence-corrected chi connectivity index (χ4v) is 7.03. The molecule has 3 rings (SSSR count). The number of benzene rings is 2. The summed E-state index contributed by atoms with van der Waals surface area (Å²) in [5.74, 6) is 0.503. The van der Waals surface area contributed by atoms with E-state index >= 15 is 0 Å². The zero-order valence-electron chi connectivity index (χ0n) is 15.5. The largest absolute Gasteiger partial charge is 0.243 e. The second-order valence-electron chi connectivity index (χ2n) is 7.32. The molecule has 0 saturated carbocycles. The van der Waals surface area contributed by atoms with Crippen molar-refractivity contribution in [2.45, 2.75) is 35.0 Å². The number of sulfonamides is 1. The summed E-state index contributed by atoms with van der Waals surface area (Å²) in [5.41, 5.74) is 0. The van der Waals surface area contributed by atoms with Crippen molar-refractivity contribution >= 4 is 43.1 Å². The highest BCUT2D eigenvalue weighted by molar-refractivity contribution is 7.91. The number of halogens is 2. The Labute approximate surface area is 176 Å². The zero-order valence-corrected chi connectivity index (χ0v) is 18.6. The number of piperidine rings is 1. The van der Waals surface area contributed by atoms with E-state index in [0.29, 0.717) is 13.1 Å². The number of hydrogen-bond donors (Lipinski definition) is 0. The monoisotopic (exact) mass is 461 g/mol. The molecule has 28 heavy (non-hydrogen) atoms. The molecule has 1 fully saturated rings. The minimum Gasteiger partial charge on any atom is -0.219 e. The van der Waals surface area contributed by atoms with Crippen molar-refractivity contribution in [2.24, 2.45) is 11.8 Å². The average molecular weight is 462 g/mol. The maximum absolute atomic E-state index is 13.1. The van der Waals surface area contributed by atoms with Gasteiger partial charge in [0.1, 0.15) is 0 Å². The highest BCUT2D eigenvalue weighted by Crippen LogP contribution is 2.31. The minimum absolute atomic E-state index is 0.0325. The van der Waals surface area contributed by atoms with Gasteiger partial charge in [-0.1, -0.05) is 43.1 Å². The lowest BCUT2D eigenvalue weighted by atomic mass is 9.94. The van der Waals surface area contributed by atoms with Crippen LogP contribution in [0, 0.1) is 11.8 Å². The van der Waals surface area contributed by atoms with Gasteiger partial charge in [-0.15, -0.1) is 0 Å². The molecule has 0 aromatic heterocycles. The van der Waals surface area contributed by atoms with Gasteiger partial charge in [-0.3, -0.25) is 0 Å². The van der Waals surface area contributed by atoms with Crippen LogP contribution in [0.4, 0.5) is 0 Å². The van der Waals surface area contributed by atoms with Crippen molar-refractivity contribution in [1.29, 1.82) is 0 Å². The Morgan fingerprint density at radius 1 is 0.821 bits per heavy atom. The summed E-state index contributed by atoms with van der Waals surface area (Å²) in [6.07, 6.45) is 0.970. The van der Waals surface area contributed by atoms with Gasteiger partial charge >= 0.3 is 0 Å². The Morgan fingerprint density at radius 3 is 2.00 bits per heavy atom. The van der Waals surface area contributed by atoms with Crippen molar-refractivity contribution in [2.75, 3.05) is 13.1 Å². The van der Waals surface area contributed by atoms with E-state index in [9.17, 15) is 16.8 Å². The van der Waals surface area contributed by atoms with Gasteiger partial charge in [-0.25, -0.2) is 16.8 Å². The van der Waals surface area contributed by atoms with Gasteiger partial charge in [0.05, 0.1) is 24.7 Å². The molecule has 152 valence electrons. The summed E-state index contributed by atoms with van der Waals surface area (Å²) in [4.78, 5) is -0.184. The van der Waals surface area contributed by atoms with Crippen LogP contribution in [0.3, 0.4) is 0 Å². The van der Waals surface area contributed by atoms with Gasteiger partial charge in [-0.2, -0.15) is 4.31 Å². The molecule has 0 bridgehead atoms. The Bertz CT molecular complexity index is 1090. The van der Waals surface area contributed by atoms with Crippen molar-refractivity contribution in [3.8, 4) is 0 Å². The number of rotatable bonds is 4. The highest BCUT2D eigenvalue weighted by Gasteiger charge is 2.32. The molecule has 0 amide bonds. The number of nitrogens with zero attached hydrogens (tertiary/aromatic N) is 1. The lowest BCUT2D eigenvalue weighted by Crippen LogP contribution is -2.42. The third kappa shape index (κ3) is 4.24. The molecular weight excluding hydrogens is 441 g/mol. The maximum atomic E-state index is 13.1. The molecule has 0 aliphatic carbocycles. The molecule has 0 N–H and O–H groups in total. The summed E-state index contributed by atoms with van der Waals surface area (Å²) in [5, 5.41) is 0.355. The summed E-state index contributed by atoms with van der Waals surface area (Å²) in [6.45, 7) is 4.89. The third-order valence-electron chi connectivity index (χ3n) is 4.79. The molecule has 1 aliphatic rings. The Morgan fingerprint density at radius 2 is 1.39 bits per heavy atom. The Kier molecular flexibility index (Phi) is 6.13. The summed E-state index contributed by atoms with van der Waals surface area (Å²) < 4.78 is 53.5. The van der Waals surface area contributed by atoms with Gasteiger partial charge < -0.3 is 0 Å². The summed E-state index contributed by atoms with van der Waals surface area (Å²) in [6, 6.07) is 9.44. The van der Waals surface area contributed by atoms with Crippen LogP contribution in [0.5, 0.6) is 0 Å². The Balaban J connectivity index is 2.01. The van der Waals surface area contributed by atoms with E-state index in [-0.39, 0.29) is 36.6 Å². The van der Waals surface area contributed by atoms with Crippen LogP contribution in [0.15, 0.2) is 57.2 Å². The molecule has 1 heterocycles. The predicted octanol–water partition coefficient (Wildman–Crippen LogP) is 4.49. The molecule has 9 heteroatoms. The summed E-state index contributed by atoms with van der Waals surface area (Å²) >= 11 is 11.8. The second-order valence-corrected chi connectivity index (χ2v) is 12.0. The Hall–Kier alpha value is -1.12. The van der Waals surface area contributed by atoms with Crippen LogP contribution in [-0.4, -0.2) is 34.2 Å². The van der Waals surface area contributed by atoms with Crippen LogP contribution < -0.4 is 0 Å². The van der Waals surface area contributed by atoms with E-state index in [0.717, 1.165) is 6.42 Å². The normalized spacial score (nSPS) is 21.6. The lowest BCUT2D eigenvalue weighted by molar-refractivity contribution is 0.222. The molecule has 0 spiro atoms. The standard InChI is InChI=1S/C19H21Cl2NO4S2/c1-13-8-14(2)12-22(11-13)28(25,26)17-5-3-4-15(9-17)27(23,24)16-6-7-18(20)19(21)10-16/h3-7,9-10,13-14H,8,11-12H2,1-2H3. The summed E-state index contributed by atoms with van der Waals surface area (Å²) in [7, 11) is -7.73. The van der Waals surface area contributed by atoms with E-state index < -0.39 is 19.9 Å². The first-order chi connectivity index (χ1) is 13.0. The van der Waals surface area contributed by atoms with Crippen LogP contribution >= 0.6 is 23.2 Å². The van der Waals surface area contributed by atoms with Gasteiger partial charge in [0.2, 0.25) is 19.9 Å². The third-order valence-corrected chi connectivity index (χ3v) is 9.11. The minimum atomic E-state index is -3.94. The van der Waals surface area contributed by atoms with E-state index in [1.54, 1.807) is 0 Å². The van der Waals surface area contributed by atoms with Gasteiger partial charge in [0, 0.05) is 13.1 Å². The van der Waals surface area contributed by atoms with E-state index in [1.165, 1.54) is 46.8 Å². The fourth-order valence-electron chi connectivity index (χ4n) is 3.53. The lowest BCUT2D eigenvalue weighted by Gasteiger charge is -2.34. The first-order valence-electron chi connectivity index (χ1n) is 8.82. The smallest absolute Gasteiger partial charge is 0.219 e. The van der Waals surface area contributed by atoms with Crippen LogP contribution in [0.1, 0.15) is 20.3 Å². The molecule has 2 unspecified atom stereocenters. The fraction of sp³-hybridized carbons (Fsp3) is 0.368. The molecular formula is C19H21Cl2NO4S2. The number of sulfone groups is 1. The van der Waals surface area contributed by atoms with Gasteiger partial charge in [0.15, 0.2) is 0 Å². The van der Waals surface area contributed by atoms with Crippen LogP contribution in [0.2, 0.25) is 10.0 Å². The molecule has 5 nitrogen and oxygen atoms in total. The van der Waals surface area contributed by atoms with Crippen molar-refractivity contribution in [3.63, 3.8) is 0 Å². The predicted molar refractivity (Wildman–Crippen MR) is 110 cm³/mol. The van der Waals surface area contributed by atoms with Crippen LogP contribution in [-0.2, 0) is 19.9 Å². The molecule has 1 saturated heterocycles. The topological polar surface area (TPSA) is 71.5 Å². The van der Waals surface area contributed by atoms with E-state index in [1.807, 2.05) is 13.8 Å². The molecule has 2 aromatic carbocycles. The molecule has 0 radical (unpaired) electrons. The van der Waals surface area contributed by atoms with Crippen molar-refractivity contribution in [1.82, 2.24) is 4.31 Å². The first-order valence-corrected chi connectivity index (χ1v) is 12.5. The second kappa shape index (κ2) is 7.95. The van der Waals surface area contributed by atoms with Gasteiger partial charge in [-0.05, 0) is 54.7 Å². The SMILES string of the molecule is CC1CC(C)CN(S(=O)(=O)c2cccc(S(=O)(=O)c3ccc(Cl)c(Cl)c3)c2)C1. The van der Waals surface area contributed by atoms with E-state index in [2.05, 4.69) is 0 Å². The van der Waals surface area contributed by atoms with Crippen LogP contribution in [0.25, 0.3) is 0 Å². The zero-order chi connectivity index (χ0) is 20.7. The van der Waals surface area contributed by atoms with Crippen molar-refractivity contribution < 1.29 is 16.8 Å². The van der Waals surface area contributed by atoms with E-state index in [4.69, 9.17) is 23.2 Å². The maximum Gasteiger partial charge on any atom is 0.243 e. The molecule has 2 atom stereocenters. The molecule has 2 aromatic rings. The molecule has 1 aliphatic heterocycles. The highest BCUT2D eigenvalue weighted by atomic mass is 35.5. The quantitative estimate of drug-likeness (QED) is 0.671. The average Bonchev–Trinajstić information content (AvgIpc) is 2.63.